The number of aliphatic imine (C=N–C) groups is 1. The molecule has 4 nitrogen and oxygen atoms in total. The van der Waals surface area contributed by atoms with Crippen LogP contribution in [0, 0.1) is 3.57 Å². The van der Waals surface area contributed by atoms with Crippen molar-refractivity contribution in [1.82, 2.24) is 5.32 Å². The molecule has 0 spiro atoms. The van der Waals surface area contributed by atoms with E-state index in [4.69, 9.17) is 27.9 Å². The molecule has 1 aliphatic rings. The summed E-state index contributed by atoms with van der Waals surface area (Å²) in [7, 11) is 0. The number of carbonyl (C=O) groups is 1. The van der Waals surface area contributed by atoms with Gasteiger partial charge in [0, 0.05) is 3.57 Å². The fourth-order valence-electron chi connectivity index (χ4n) is 2.73. The van der Waals surface area contributed by atoms with E-state index in [1.807, 2.05) is 42.5 Å². The predicted molar refractivity (Wildman–Crippen MR) is 137 cm³/mol. The zero-order chi connectivity index (χ0) is 21.8. The maximum Gasteiger partial charge on any atom is 0.264 e. The number of hydrogen-bond donors (Lipinski definition) is 1. The number of halogens is 3. The molecular weight excluding hydrogens is 566 g/mol. The first-order valence-corrected chi connectivity index (χ1v) is 11.8. The largest absolute Gasteiger partial charge is 0.489 e. The minimum absolute atomic E-state index is 0.207. The van der Waals surface area contributed by atoms with Crippen molar-refractivity contribution < 1.29 is 9.53 Å². The molecule has 0 bridgehead atoms. The average molecular weight is 581 g/mol. The van der Waals surface area contributed by atoms with Gasteiger partial charge in [-0.15, -0.1) is 0 Å². The number of hydrogen-bond acceptors (Lipinski definition) is 4. The monoisotopic (exact) mass is 580 g/mol. The van der Waals surface area contributed by atoms with Crippen LogP contribution in [0.3, 0.4) is 0 Å². The Kier molecular flexibility index (Phi) is 7.22. The van der Waals surface area contributed by atoms with Gasteiger partial charge in [-0.05, 0) is 88.0 Å². The smallest absolute Gasteiger partial charge is 0.264 e. The van der Waals surface area contributed by atoms with Crippen molar-refractivity contribution in [3.63, 3.8) is 0 Å². The van der Waals surface area contributed by atoms with E-state index in [0.717, 1.165) is 16.9 Å². The normalized spacial score (nSPS) is 16.0. The highest BCUT2D eigenvalue weighted by molar-refractivity contribution is 14.1. The summed E-state index contributed by atoms with van der Waals surface area (Å²) < 4.78 is 7.02. The fraction of sp³-hybridized carbons (Fsp3) is 0.0435. The van der Waals surface area contributed by atoms with Crippen molar-refractivity contribution in [3.8, 4) is 5.75 Å². The second-order valence-corrected chi connectivity index (χ2v) is 9.60. The zero-order valence-corrected chi connectivity index (χ0v) is 20.4. The fourth-order valence-corrected chi connectivity index (χ4v) is 4.26. The summed E-state index contributed by atoms with van der Waals surface area (Å²) in [5.41, 5.74) is 2.51. The van der Waals surface area contributed by atoms with Crippen molar-refractivity contribution >= 4 is 80.4 Å². The van der Waals surface area contributed by atoms with Gasteiger partial charge < -0.3 is 10.1 Å². The third kappa shape index (κ3) is 5.83. The second kappa shape index (κ2) is 10.1. The number of thioether (sulfide) groups is 1. The summed E-state index contributed by atoms with van der Waals surface area (Å²) in [5, 5.41) is 3.97. The van der Waals surface area contributed by atoms with E-state index in [2.05, 4.69) is 45.0 Å². The van der Waals surface area contributed by atoms with Gasteiger partial charge in [0.25, 0.3) is 5.91 Å². The van der Waals surface area contributed by atoms with Gasteiger partial charge >= 0.3 is 0 Å². The quantitative estimate of drug-likeness (QED) is 0.259. The predicted octanol–water partition coefficient (Wildman–Crippen LogP) is 7.07. The van der Waals surface area contributed by atoms with Crippen molar-refractivity contribution in [2.24, 2.45) is 4.99 Å². The Balaban J connectivity index is 1.42. The Morgan fingerprint density at radius 2 is 1.77 bits per heavy atom. The van der Waals surface area contributed by atoms with Gasteiger partial charge in [0.1, 0.15) is 12.4 Å². The molecule has 0 radical (unpaired) electrons. The van der Waals surface area contributed by atoms with Gasteiger partial charge in [0.15, 0.2) is 5.17 Å². The van der Waals surface area contributed by atoms with Gasteiger partial charge in [0.05, 0.1) is 20.6 Å². The number of nitrogens with one attached hydrogen (secondary N) is 1. The Hall–Kier alpha value is -2.00. The summed E-state index contributed by atoms with van der Waals surface area (Å²) in [4.78, 5) is 17.3. The van der Waals surface area contributed by atoms with Crippen LogP contribution in [0.4, 0.5) is 5.69 Å². The Bertz CT molecular complexity index is 1180. The van der Waals surface area contributed by atoms with Gasteiger partial charge in [-0.25, -0.2) is 4.99 Å². The van der Waals surface area contributed by atoms with Crippen LogP contribution in [0.15, 0.2) is 76.6 Å². The highest BCUT2D eigenvalue weighted by Crippen LogP contribution is 2.34. The molecule has 1 amide bonds. The van der Waals surface area contributed by atoms with Gasteiger partial charge in [-0.1, -0.05) is 53.5 Å². The van der Waals surface area contributed by atoms with Crippen LogP contribution in [0.1, 0.15) is 11.1 Å². The molecule has 31 heavy (non-hydrogen) atoms. The maximum atomic E-state index is 12.3. The second-order valence-electron chi connectivity index (χ2n) is 6.54. The Morgan fingerprint density at radius 3 is 2.52 bits per heavy atom. The lowest BCUT2D eigenvalue weighted by Crippen LogP contribution is -2.19. The molecule has 1 aliphatic heterocycles. The summed E-state index contributed by atoms with van der Waals surface area (Å²) >= 11 is 15.7. The van der Waals surface area contributed by atoms with Crippen molar-refractivity contribution in [2.45, 2.75) is 6.61 Å². The van der Waals surface area contributed by atoms with E-state index < -0.39 is 0 Å². The first-order valence-electron chi connectivity index (χ1n) is 9.19. The number of amides is 1. The van der Waals surface area contributed by atoms with E-state index in [-0.39, 0.29) is 5.91 Å². The molecule has 0 aromatic heterocycles. The molecular formula is C23H15Cl2IN2O2S. The van der Waals surface area contributed by atoms with Crippen LogP contribution in [0.2, 0.25) is 10.0 Å². The van der Waals surface area contributed by atoms with E-state index in [1.165, 1.54) is 15.3 Å². The van der Waals surface area contributed by atoms with Crippen molar-refractivity contribution in [3.05, 3.63) is 96.4 Å². The highest BCUT2D eigenvalue weighted by Gasteiger charge is 2.24. The third-order valence-electron chi connectivity index (χ3n) is 4.30. The average Bonchev–Trinajstić information content (AvgIpc) is 3.10. The summed E-state index contributed by atoms with van der Waals surface area (Å²) in [6, 6.07) is 21.0. The van der Waals surface area contributed by atoms with Crippen LogP contribution in [0.25, 0.3) is 6.08 Å². The first kappa shape index (κ1) is 22.2. The SMILES string of the molecule is O=C1NC(=Nc2cccc(Cl)c2Cl)S/C1=C\c1ccc(OCc2ccc(I)cc2)cc1. The minimum atomic E-state index is -0.207. The van der Waals surface area contributed by atoms with E-state index >= 15 is 0 Å². The van der Waals surface area contributed by atoms with Gasteiger partial charge in [-0.2, -0.15) is 0 Å². The zero-order valence-electron chi connectivity index (χ0n) is 15.9. The summed E-state index contributed by atoms with van der Waals surface area (Å²) in [6.45, 7) is 0.501. The molecule has 0 unspecified atom stereocenters. The molecule has 0 saturated carbocycles. The summed E-state index contributed by atoms with van der Waals surface area (Å²) in [6.07, 6.45) is 1.81. The molecule has 8 heteroatoms. The lowest BCUT2D eigenvalue weighted by atomic mass is 10.2. The van der Waals surface area contributed by atoms with E-state index in [9.17, 15) is 4.79 Å². The van der Waals surface area contributed by atoms with Crippen LogP contribution in [0.5, 0.6) is 5.75 Å². The topological polar surface area (TPSA) is 50.7 Å². The van der Waals surface area contributed by atoms with Crippen LogP contribution in [-0.2, 0) is 11.4 Å². The molecule has 156 valence electrons. The van der Waals surface area contributed by atoms with Gasteiger partial charge in [-0.3, -0.25) is 4.79 Å². The minimum Gasteiger partial charge on any atom is -0.489 e. The maximum absolute atomic E-state index is 12.3. The standard InChI is InChI=1S/C23H15Cl2IN2O2S/c24-18-2-1-3-19(21(18)25)27-23-28-22(29)20(31-23)12-14-6-10-17(11-7-14)30-13-15-4-8-16(26)9-5-15/h1-12H,13H2,(H,27,28,29)/b20-12-. The van der Waals surface area contributed by atoms with Gasteiger partial charge in [0.2, 0.25) is 0 Å². The van der Waals surface area contributed by atoms with Crippen LogP contribution in [-0.4, -0.2) is 11.1 Å². The molecule has 1 heterocycles. The number of ether oxygens (including phenoxy) is 1. The Morgan fingerprint density at radius 1 is 1.03 bits per heavy atom. The lowest BCUT2D eigenvalue weighted by molar-refractivity contribution is -0.115. The molecule has 1 N–H and O–H groups in total. The number of carbonyl (C=O) groups excluding carboxylic acids is 1. The van der Waals surface area contributed by atoms with E-state index in [1.54, 1.807) is 18.2 Å². The van der Waals surface area contributed by atoms with Crippen molar-refractivity contribution in [1.29, 1.82) is 0 Å². The summed E-state index contributed by atoms with van der Waals surface area (Å²) in [5.74, 6) is 0.558. The molecule has 0 atom stereocenters. The van der Waals surface area contributed by atoms with Crippen molar-refractivity contribution in [2.75, 3.05) is 0 Å². The lowest BCUT2D eigenvalue weighted by Gasteiger charge is -2.07. The molecule has 1 fully saturated rings. The number of nitrogens with zero attached hydrogens (tertiary/aromatic N) is 1. The first-order chi connectivity index (χ1) is 15.0. The Labute approximate surface area is 207 Å². The molecule has 3 aromatic rings. The third-order valence-corrected chi connectivity index (χ3v) is 6.74. The van der Waals surface area contributed by atoms with Crippen LogP contribution < -0.4 is 10.1 Å². The van der Waals surface area contributed by atoms with E-state index in [0.29, 0.717) is 32.4 Å². The molecule has 4 rings (SSSR count). The van der Waals surface area contributed by atoms with Crippen LogP contribution >= 0.6 is 57.6 Å². The molecule has 3 aromatic carbocycles. The number of amidine groups is 1. The molecule has 0 aliphatic carbocycles. The number of benzene rings is 3. The highest BCUT2D eigenvalue weighted by atomic mass is 127. The number of rotatable bonds is 5. The molecule has 1 saturated heterocycles.